The van der Waals surface area contributed by atoms with Crippen molar-refractivity contribution in [3.8, 4) is 0 Å². The number of hydrogen-bond acceptors (Lipinski definition) is 6. The SMILES string of the molecule is CCCCC/C=C\C/C=C\CCCCCCCCCCCC(=O)O[C@H](COC(=O)CCCCCCCCC/C=C\CCCCCC)COC(=O)CCCCCCCCCCCCCCCCC. The van der Waals surface area contributed by atoms with Gasteiger partial charge in [-0.3, -0.25) is 14.4 Å². The minimum Gasteiger partial charge on any atom is -0.462 e. The van der Waals surface area contributed by atoms with Gasteiger partial charge in [0.25, 0.3) is 0 Å². The summed E-state index contributed by atoms with van der Waals surface area (Å²) in [7, 11) is 0. The standard InChI is InChI=1S/C61H112O6/c1-4-7-10-13-16-19-22-25-28-29-30-31-34-37-40-43-46-49-52-55-61(64)67-58(56-65-59(62)53-50-47-44-41-38-35-32-26-23-20-17-14-11-8-5-2)57-66-60(63)54-51-48-45-42-39-36-33-27-24-21-18-15-12-9-6-3/h16,19-20,23,25,28,58H,4-15,17-18,21-22,24,26-27,29-57H2,1-3H3/b19-16-,23-20-,28-25-/t58-/m1/s1. The number of unbranched alkanes of at least 4 members (excludes halogenated alkanes) is 37. The molecule has 0 amide bonds. The summed E-state index contributed by atoms with van der Waals surface area (Å²) in [5.41, 5.74) is 0. The van der Waals surface area contributed by atoms with Gasteiger partial charge in [-0.25, -0.2) is 0 Å². The Balaban J connectivity index is 4.35. The predicted molar refractivity (Wildman–Crippen MR) is 289 cm³/mol. The number of allylic oxidation sites excluding steroid dienone is 6. The molecule has 392 valence electrons. The van der Waals surface area contributed by atoms with Crippen LogP contribution in [-0.2, 0) is 28.6 Å². The van der Waals surface area contributed by atoms with Gasteiger partial charge in [0, 0.05) is 19.3 Å². The minimum absolute atomic E-state index is 0.0713. The first-order chi connectivity index (χ1) is 33.0. The average molecular weight is 942 g/mol. The van der Waals surface area contributed by atoms with Crippen LogP contribution in [0.25, 0.3) is 0 Å². The molecule has 6 heteroatoms. The number of carbonyl (C=O) groups excluding carboxylic acids is 3. The molecule has 0 rings (SSSR count). The van der Waals surface area contributed by atoms with E-state index in [4.69, 9.17) is 14.2 Å². The molecule has 1 atom stereocenters. The molecule has 0 saturated heterocycles. The summed E-state index contributed by atoms with van der Waals surface area (Å²) in [6.45, 7) is 6.64. The third-order valence-corrected chi connectivity index (χ3v) is 13.1. The fraction of sp³-hybridized carbons (Fsp3) is 0.852. The van der Waals surface area contributed by atoms with Gasteiger partial charge >= 0.3 is 17.9 Å². The highest BCUT2D eigenvalue weighted by Crippen LogP contribution is 2.16. The number of ether oxygens (including phenoxy) is 3. The molecule has 0 aliphatic heterocycles. The maximum atomic E-state index is 12.9. The highest BCUT2D eigenvalue weighted by Gasteiger charge is 2.19. The highest BCUT2D eigenvalue weighted by atomic mass is 16.6. The Morgan fingerprint density at radius 3 is 0.881 bits per heavy atom. The van der Waals surface area contributed by atoms with E-state index in [2.05, 4.69) is 57.2 Å². The molecule has 0 radical (unpaired) electrons. The molecule has 0 spiro atoms. The molecule has 0 N–H and O–H groups in total. The largest absolute Gasteiger partial charge is 0.462 e. The zero-order chi connectivity index (χ0) is 48.6. The molecule has 0 aromatic carbocycles. The van der Waals surface area contributed by atoms with Gasteiger partial charge in [-0.05, 0) is 77.0 Å². The monoisotopic (exact) mass is 941 g/mol. The van der Waals surface area contributed by atoms with Gasteiger partial charge in [-0.1, -0.05) is 256 Å². The summed E-state index contributed by atoms with van der Waals surface area (Å²) < 4.78 is 16.9. The summed E-state index contributed by atoms with van der Waals surface area (Å²) in [4.78, 5) is 38.2. The van der Waals surface area contributed by atoms with Crippen LogP contribution in [0.2, 0.25) is 0 Å². The molecule has 0 saturated carbocycles. The van der Waals surface area contributed by atoms with Crippen molar-refractivity contribution in [3.63, 3.8) is 0 Å². The van der Waals surface area contributed by atoms with Crippen LogP contribution in [0, 0.1) is 0 Å². The summed E-state index contributed by atoms with van der Waals surface area (Å²) >= 11 is 0. The van der Waals surface area contributed by atoms with E-state index in [1.54, 1.807) is 0 Å². The van der Waals surface area contributed by atoms with Gasteiger partial charge in [-0.15, -0.1) is 0 Å². The van der Waals surface area contributed by atoms with Gasteiger partial charge in [-0.2, -0.15) is 0 Å². The maximum absolute atomic E-state index is 12.9. The molecule has 0 unspecified atom stereocenters. The summed E-state index contributed by atoms with van der Waals surface area (Å²) in [5, 5.41) is 0. The molecule has 6 nitrogen and oxygen atoms in total. The average Bonchev–Trinajstić information content (AvgIpc) is 3.33. The number of rotatable bonds is 54. The van der Waals surface area contributed by atoms with Gasteiger partial charge < -0.3 is 14.2 Å². The van der Waals surface area contributed by atoms with Crippen molar-refractivity contribution < 1.29 is 28.6 Å². The molecule has 67 heavy (non-hydrogen) atoms. The van der Waals surface area contributed by atoms with E-state index in [1.807, 2.05) is 0 Å². The Hall–Kier alpha value is -2.37. The first kappa shape index (κ1) is 64.6. The third kappa shape index (κ3) is 54.4. The Morgan fingerprint density at radius 2 is 0.537 bits per heavy atom. The van der Waals surface area contributed by atoms with Gasteiger partial charge in [0.15, 0.2) is 6.10 Å². The van der Waals surface area contributed by atoms with Crippen LogP contribution < -0.4 is 0 Å². The lowest BCUT2D eigenvalue weighted by atomic mass is 10.0. The van der Waals surface area contributed by atoms with Crippen molar-refractivity contribution in [3.05, 3.63) is 36.5 Å². The van der Waals surface area contributed by atoms with Crippen molar-refractivity contribution in [1.82, 2.24) is 0 Å². The van der Waals surface area contributed by atoms with Gasteiger partial charge in [0.05, 0.1) is 0 Å². The number of esters is 3. The van der Waals surface area contributed by atoms with E-state index in [-0.39, 0.29) is 31.1 Å². The van der Waals surface area contributed by atoms with E-state index >= 15 is 0 Å². The summed E-state index contributed by atoms with van der Waals surface area (Å²) in [6, 6.07) is 0. The van der Waals surface area contributed by atoms with Crippen LogP contribution in [0.15, 0.2) is 36.5 Å². The van der Waals surface area contributed by atoms with Crippen LogP contribution in [0.1, 0.15) is 316 Å². The highest BCUT2D eigenvalue weighted by molar-refractivity contribution is 5.71. The Labute approximate surface area is 416 Å². The quantitative estimate of drug-likeness (QED) is 0.0262. The maximum Gasteiger partial charge on any atom is 0.306 e. The van der Waals surface area contributed by atoms with Crippen LogP contribution in [0.3, 0.4) is 0 Å². The minimum atomic E-state index is -0.773. The van der Waals surface area contributed by atoms with Gasteiger partial charge in [0.1, 0.15) is 13.2 Å². The fourth-order valence-corrected chi connectivity index (χ4v) is 8.65. The molecule has 0 aliphatic carbocycles. The first-order valence-corrected chi connectivity index (χ1v) is 29.5. The van der Waals surface area contributed by atoms with Crippen LogP contribution >= 0.6 is 0 Å². The van der Waals surface area contributed by atoms with Crippen molar-refractivity contribution in [2.24, 2.45) is 0 Å². The zero-order valence-corrected chi connectivity index (χ0v) is 44.9. The zero-order valence-electron chi connectivity index (χ0n) is 44.9. The lowest BCUT2D eigenvalue weighted by Crippen LogP contribution is -2.30. The topological polar surface area (TPSA) is 78.9 Å². The second-order valence-corrected chi connectivity index (χ2v) is 19.9. The Kier molecular flexibility index (Phi) is 54.2. The number of hydrogen-bond donors (Lipinski definition) is 0. The fourth-order valence-electron chi connectivity index (χ4n) is 8.65. The summed E-state index contributed by atoms with van der Waals surface area (Å²) in [6.07, 6.45) is 67.0. The van der Waals surface area contributed by atoms with E-state index in [1.165, 1.54) is 212 Å². The molecule has 0 bridgehead atoms. The first-order valence-electron chi connectivity index (χ1n) is 29.5. The molecule has 0 aliphatic rings. The second-order valence-electron chi connectivity index (χ2n) is 19.9. The Morgan fingerprint density at radius 1 is 0.299 bits per heavy atom. The normalized spacial score (nSPS) is 12.2. The summed E-state index contributed by atoms with van der Waals surface area (Å²) in [5.74, 6) is -0.861. The molecular weight excluding hydrogens is 829 g/mol. The van der Waals surface area contributed by atoms with Crippen LogP contribution in [-0.4, -0.2) is 37.2 Å². The van der Waals surface area contributed by atoms with E-state index in [0.717, 1.165) is 64.2 Å². The van der Waals surface area contributed by atoms with Crippen LogP contribution in [0.5, 0.6) is 0 Å². The van der Waals surface area contributed by atoms with Crippen molar-refractivity contribution in [2.45, 2.75) is 322 Å². The van der Waals surface area contributed by atoms with E-state index in [0.29, 0.717) is 19.3 Å². The van der Waals surface area contributed by atoms with Crippen molar-refractivity contribution >= 4 is 17.9 Å². The lowest BCUT2D eigenvalue weighted by molar-refractivity contribution is -0.167. The number of carbonyl (C=O) groups is 3. The molecule has 0 aromatic heterocycles. The van der Waals surface area contributed by atoms with Gasteiger partial charge in [0.2, 0.25) is 0 Å². The van der Waals surface area contributed by atoms with Crippen molar-refractivity contribution in [1.29, 1.82) is 0 Å². The predicted octanol–water partition coefficient (Wildman–Crippen LogP) is 19.7. The second kappa shape index (κ2) is 56.2. The lowest BCUT2D eigenvalue weighted by Gasteiger charge is -2.18. The van der Waals surface area contributed by atoms with E-state index in [9.17, 15) is 14.4 Å². The molecule has 0 fully saturated rings. The molecule has 0 heterocycles. The third-order valence-electron chi connectivity index (χ3n) is 13.1. The van der Waals surface area contributed by atoms with Crippen molar-refractivity contribution in [2.75, 3.05) is 13.2 Å². The molecule has 0 aromatic rings. The Bertz CT molecular complexity index is 1130. The smallest absolute Gasteiger partial charge is 0.306 e. The van der Waals surface area contributed by atoms with Crippen LogP contribution in [0.4, 0.5) is 0 Å². The van der Waals surface area contributed by atoms with E-state index < -0.39 is 6.10 Å². The molecular formula is C61H112O6.